The predicted molar refractivity (Wildman–Crippen MR) is 106 cm³/mol. The minimum absolute atomic E-state index is 0.115. The van der Waals surface area contributed by atoms with Crippen LogP contribution < -0.4 is 10.9 Å². The molecule has 0 radical (unpaired) electrons. The molecule has 0 aliphatic rings. The van der Waals surface area contributed by atoms with Crippen molar-refractivity contribution in [2.45, 2.75) is 12.6 Å². The Balaban J connectivity index is 1.63. The van der Waals surface area contributed by atoms with Gasteiger partial charge in [-0.15, -0.1) is 11.3 Å². The summed E-state index contributed by atoms with van der Waals surface area (Å²) >= 11 is 7.56. The van der Waals surface area contributed by atoms with E-state index in [1.54, 1.807) is 41.8 Å². The normalized spacial score (nSPS) is 12.4. The molecule has 7 heteroatoms. The molecule has 0 saturated heterocycles. The molecule has 1 N–H and O–H groups in total. The zero-order chi connectivity index (χ0) is 18.8. The molecule has 4 rings (SSSR count). The van der Waals surface area contributed by atoms with Gasteiger partial charge >= 0.3 is 0 Å². The summed E-state index contributed by atoms with van der Waals surface area (Å²) < 4.78 is 14.7. The largest absolute Gasteiger partial charge is 0.300 e. The van der Waals surface area contributed by atoms with Crippen LogP contribution in [0.4, 0.5) is 4.39 Å². The van der Waals surface area contributed by atoms with Crippen LogP contribution in [0.5, 0.6) is 0 Å². The van der Waals surface area contributed by atoms with Crippen LogP contribution in [-0.4, -0.2) is 9.38 Å². The molecule has 0 aliphatic heterocycles. The maximum atomic E-state index is 13.3. The highest BCUT2D eigenvalue weighted by Crippen LogP contribution is 2.26. The van der Waals surface area contributed by atoms with E-state index in [0.717, 1.165) is 10.4 Å². The number of halogens is 2. The lowest BCUT2D eigenvalue weighted by Gasteiger charge is -2.18. The van der Waals surface area contributed by atoms with Crippen LogP contribution in [-0.2, 0) is 6.54 Å². The number of pyridine rings is 1. The summed E-state index contributed by atoms with van der Waals surface area (Å²) in [5.74, 6) is -0.272. The number of hydrogen-bond donors (Lipinski definition) is 1. The molecule has 1 atom stereocenters. The van der Waals surface area contributed by atoms with Crippen molar-refractivity contribution in [3.8, 4) is 0 Å². The second-order valence-electron chi connectivity index (χ2n) is 6.04. The van der Waals surface area contributed by atoms with E-state index in [1.807, 2.05) is 17.5 Å². The molecule has 1 unspecified atom stereocenters. The number of nitrogens with zero attached hydrogens (tertiary/aromatic N) is 2. The highest BCUT2D eigenvalue weighted by molar-refractivity contribution is 7.10. The second-order valence-corrected chi connectivity index (χ2v) is 7.46. The SMILES string of the molecule is O=c1cc(CNC(c2ccc(F)cc2)c2cccs2)nc2ccc(Cl)cn12. The van der Waals surface area contributed by atoms with Gasteiger partial charge in [-0.25, -0.2) is 9.37 Å². The summed E-state index contributed by atoms with van der Waals surface area (Å²) in [6.45, 7) is 0.397. The number of rotatable bonds is 5. The van der Waals surface area contributed by atoms with Crippen LogP contribution in [0.1, 0.15) is 22.2 Å². The van der Waals surface area contributed by atoms with E-state index >= 15 is 0 Å². The van der Waals surface area contributed by atoms with Gasteiger partial charge < -0.3 is 0 Å². The maximum absolute atomic E-state index is 13.3. The Labute approximate surface area is 163 Å². The van der Waals surface area contributed by atoms with E-state index in [2.05, 4.69) is 10.3 Å². The molecule has 4 nitrogen and oxygen atoms in total. The van der Waals surface area contributed by atoms with Gasteiger partial charge in [-0.3, -0.25) is 14.5 Å². The number of nitrogens with one attached hydrogen (secondary N) is 1. The first-order valence-corrected chi connectivity index (χ1v) is 9.56. The Kier molecular flexibility index (Phi) is 5.03. The molecular weight excluding hydrogens is 385 g/mol. The molecule has 3 heterocycles. The van der Waals surface area contributed by atoms with Crippen LogP contribution >= 0.6 is 22.9 Å². The first-order chi connectivity index (χ1) is 13.1. The Bertz CT molecular complexity index is 1130. The van der Waals surface area contributed by atoms with Crippen molar-refractivity contribution in [1.29, 1.82) is 0 Å². The smallest absolute Gasteiger partial charge is 0.258 e. The monoisotopic (exact) mass is 399 g/mol. The average molecular weight is 400 g/mol. The van der Waals surface area contributed by atoms with E-state index in [-0.39, 0.29) is 17.4 Å². The molecule has 0 amide bonds. The molecule has 4 aromatic rings. The van der Waals surface area contributed by atoms with Gasteiger partial charge in [0.1, 0.15) is 11.5 Å². The number of hydrogen-bond acceptors (Lipinski definition) is 4. The summed E-state index contributed by atoms with van der Waals surface area (Å²) in [4.78, 5) is 18.0. The summed E-state index contributed by atoms with van der Waals surface area (Å²) in [7, 11) is 0. The van der Waals surface area contributed by atoms with Crippen molar-refractivity contribution in [3.05, 3.63) is 104 Å². The number of thiophene rings is 1. The van der Waals surface area contributed by atoms with Crippen molar-refractivity contribution in [1.82, 2.24) is 14.7 Å². The first-order valence-electron chi connectivity index (χ1n) is 8.30. The fourth-order valence-electron chi connectivity index (χ4n) is 2.92. The Morgan fingerprint density at radius 1 is 1.19 bits per heavy atom. The van der Waals surface area contributed by atoms with E-state index in [0.29, 0.717) is 22.9 Å². The highest BCUT2D eigenvalue weighted by Gasteiger charge is 2.15. The van der Waals surface area contributed by atoms with Crippen LogP contribution in [0.3, 0.4) is 0 Å². The third kappa shape index (κ3) is 3.93. The van der Waals surface area contributed by atoms with E-state index in [4.69, 9.17) is 11.6 Å². The fraction of sp³-hybridized carbons (Fsp3) is 0.100. The topological polar surface area (TPSA) is 46.4 Å². The standard InChI is InChI=1S/C20H15ClFN3OS/c21-14-5-8-18-24-16(10-19(26)25(18)12-14)11-23-20(17-2-1-9-27-17)13-3-6-15(22)7-4-13/h1-10,12,20,23H,11H2. The van der Waals surface area contributed by atoms with Crippen molar-refractivity contribution >= 4 is 28.6 Å². The quantitative estimate of drug-likeness (QED) is 0.540. The van der Waals surface area contributed by atoms with E-state index in [9.17, 15) is 9.18 Å². The Morgan fingerprint density at radius 3 is 2.74 bits per heavy atom. The molecule has 1 aromatic carbocycles. The molecule has 3 aromatic heterocycles. The first kappa shape index (κ1) is 17.9. The Morgan fingerprint density at radius 2 is 2.00 bits per heavy atom. The minimum atomic E-state index is -0.272. The fourth-order valence-corrected chi connectivity index (χ4v) is 3.90. The third-order valence-corrected chi connectivity index (χ3v) is 5.36. The van der Waals surface area contributed by atoms with Crippen molar-refractivity contribution in [2.75, 3.05) is 0 Å². The zero-order valence-electron chi connectivity index (χ0n) is 14.1. The molecule has 0 bridgehead atoms. The Hall–Kier alpha value is -2.54. The van der Waals surface area contributed by atoms with Gasteiger partial charge in [0, 0.05) is 23.7 Å². The van der Waals surface area contributed by atoms with Gasteiger partial charge in [-0.1, -0.05) is 29.8 Å². The number of benzene rings is 1. The summed E-state index contributed by atoms with van der Waals surface area (Å²) in [5.41, 5.74) is 1.93. The third-order valence-electron chi connectivity index (χ3n) is 4.19. The minimum Gasteiger partial charge on any atom is -0.300 e. The zero-order valence-corrected chi connectivity index (χ0v) is 15.7. The molecule has 0 aliphatic carbocycles. The predicted octanol–water partition coefficient (Wildman–Crippen LogP) is 4.43. The number of aromatic nitrogens is 2. The van der Waals surface area contributed by atoms with Gasteiger partial charge in [-0.05, 0) is 41.3 Å². The summed E-state index contributed by atoms with van der Waals surface area (Å²) in [5, 5.41) is 5.90. The lowest BCUT2D eigenvalue weighted by molar-refractivity contribution is 0.597. The molecular formula is C20H15ClFN3OS. The molecule has 136 valence electrons. The molecule has 0 fully saturated rings. The van der Waals surface area contributed by atoms with Gasteiger partial charge in [-0.2, -0.15) is 0 Å². The lowest BCUT2D eigenvalue weighted by atomic mass is 10.1. The van der Waals surface area contributed by atoms with E-state index < -0.39 is 0 Å². The molecule has 0 spiro atoms. The summed E-state index contributed by atoms with van der Waals surface area (Å²) in [6, 6.07) is 15.2. The van der Waals surface area contributed by atoms with Crippen LogP contribution in [0.2, 0.25) is 5.02 Å². The van der Waals surface area contributed by atoms with Gasteiger partial charge in [0.05, 0.1) is 16.8 Å². The van der Waals surface area contributed by atoms with Crippen molar-refractivity contribution in [2.24, 2.45) is 0 Å². The summed E-state index contributed by atoms with van der Waals surface area (Å²) in [6.07, 6.45) is 1.55. The lowest BCUT2D eigenvalue weighted by Crippen LogP contribution is -2.24. The van der Waals surface area contributed by atoms with E-state index in [1.165, 1.54) is 22.6 Å². The number of fused-ring (bicyclic) bond motifs is 1. The van der Waals surface area contributed by atoms with Gasteiger partial charge in [0.15, 0.2) is 0 Å². The van der Waals surface area contributed by atoms with Crippen molar-refractivity contribution in [3.63, 3.8) is 0 Å². The molecule has 27 heavy (non-hydrogen) atoms. The molecule has 0 saturated carbocycles. The van der Waals surface area contributed by atoms with Gasteiger partial charge in [0.25, 0.3) is 5.56 Å². The highest BCUT2D eigenvalue weighted by atomic mass is 35.5. The maximum Gasteiger partial charge on any atom is 0.258 e. The average Bonchev–Trinajstić information content (AvgIpc) is 3.18. The second kappa shape index (κ2) is 7.60. The van der Waals surface area contributed by atoms with Gasteiger partial charge in [0.2, 0.25) is 0 Å². The van der Waals surface area contributed by atoms with Crippen LogP contribution in [0, 0.1) is 5.82 Å². The van der Waals surface area contributed by atoms with Crippen LogP contribution in [0.25, 0.3) is 5.65 Å². The van der Waals surface area contributed by atoms with Crippen LogP contribution in [0.15, 0.2) is 71.0 Å². The van der Waals surface area contributed by atoms with Crippen molar-refractivity contribution < 1.29 is 4.39 Å².